The van der Waals surface area contributed by atoms with Crippen LogP contribution in [0.25, 0.3) is 0 Å². The van der Waals surface area contributed by atoms with Gasteiger partial charge in [0.2, 0.25) is 15.9 Å². The first-order valence-corrected chi connectivity index (χ1v) is 13.0. The molecule has 1 unspecified atom stereocenters. The number of methoxy groups -OCH3 is 3. The van der Waals surface area contributed by atoms with Crippen LogP contribution in [-0.4, -0.2) is 59.0 Å². The number of amides is 1. The Morgan fingerprint density at radius 1 is 1.09 bits per heavy atom. The predicted molar refractivity (Wildman–Crippen MR) is 133 cm³/mol. The van der Waals surface area contributed by atoms with Crippen LogP contribution in [0.3, 0.4) is 0 Å². The number of sulfonamides is 1. The molecule has 0 spiro atoms. The van der Waals surface area contributed by atoms with E-state index in [1.54, 1.807) is 18.2 Å². The predicted octanol–water partition coefficient (Wildman–Crippen LogP) is 3.98. The lowest BCUT2D eigenvalue weighted by molar-refractivity contribution is -0.120. The van der Waals surface area contributed by atoms with Crippen molar-refractivity contribution in [3.05, 3.63) is 51.5 Å². The second-order valence-corrected chi connectivity index (χ2v) is 10.7. The molecule has 1 fully saturated rings. The second kappa shape index (κ2) is 11.5. The van der Waals surface area contributed by atoms with Crippen molar-refractivity contribution in [3.63, 3.8) is 0 Å². The lowest BCUT2D eigenvalue weighted by atomic mass is 9.98. The zero-order valence-corrected chi connectivity index (χ0v) is 21.8. The minimum Gasteiger partial charge on any atom is -0.493 e. The average Bonchev–Trinajstić information content (AvgIpc) is 2.85. The van der Waals surface area contributed by atoms with Gasteiger partial charge in [-0.25, -0.2) is 17.5 Å². The van der Waals surface area contributed by atoms with Crippen molar-refractivity contribution in [2.75, 3.05) is 39.7 Å². The molecule has 0 aromatic heterocycles. The van der Waals surface area contributed by atoms with Gasteiger partial charge in [0.05, 0.1) is 44.3 Å². The summed E-state index contributed by atoms with van der Waals surface area (Å²) in [6.45, 7) is 0.259. The van der Waals surface area contributed by atoms with Crippen LogP contribution in [0.5, 0.6) is 11.5 Å². The molecule has 1 atom stereocenters. The van der Waals surface area contributed by atoms with Crippen LogP contribution in [0, 0.1) is 5.92 Å². The van der Waals surface area contributed by atoms with Crippen molar-refractivity contribution >= 4 is 50.8 Å². The quantitative estimate of drug-likeness (QED) is 0.500. The van der Waals surface area contributed by atoms with Gasteiger partial charge < -0.3 is 19.5 Å². The molecule has 1 aliphatic heterocycles. The summed E-state index contributed by atoms with van der Waals surface area (Å²) in [6.07, 6.45) is 0.967. The number of nitrogens with one attached hydrogen (secondary N) is 1. The zero-order chi connectivity index (χ0) is 25.8. The fourth-order valence-electron chi connectivity index (χ4n) is 3.85. The normalized spacial score (nSPS) is 16.4. The van der Waals surface area contributed by atoms with Gasteiger partial charge in [-0.05, 0) is 25.0 Å². The summed E-state index contributed by atoms with van der Waals surface area (Å²) in [6, 6.07) is 7.66. The van der Waals surface area contributed by atoms with Crippen LogP contribution in [0.4, 0.5) is 5.69 Å². The number of hydrogen-bond acceptors (Lipinski definition) is 7. The molecule has 0 radical (unpaired) electrons. The van der Waals surface area contributed by atoms with Crippen molar-refractivity contribution in [1.29, 1.82) is 0 Å². The molecule has 0 aliphatic carbocycles. The highest BCUT2D eigenvalue weighted by molar-refractivity contribution is 7.88. The summed E-state index contributed by atoms with van der Waals surface area (Å²) in [7, 11) is 0.278. The van der Waals surface area contributed by atoms with E-state index in [2.05, 4.69) is 5.32 Å². The second-order valence-electron chi connectivity index (χ2n) is 7.89. The highest BCUT2D eigenvalue weighted by Crippen LogP contribution is 2.35. The van der Waals surface area contributed by atoms with E-state index in [-0.39, 0.29) is 40.1 Å². The number of halogens is 2. The van der Waals surface area contributed by atoms with Gasteiger partial charge in [-0.2, -0.15) is 0 Å². The third kappa shape index (κ3) is 6.19. The lowest BCUT2D eigenvalue weighted by Gasteiger charge is -2.31. The van der Waals surface area contributed by atoms with Gasteiger partial charge in [0.25, 0.3) is 0 Å². The number of rotatable bonds is 8. The zero-order valence-electron chi connectivity index (χ0n) is 19.5. The molecule has 190 valence electrons. The third-order valence-corrected chi connectivity index (χ3v) is 8.20. The van der Waals surface area contributed by atoms with E-state index in [4.69, 9.17) is 37.4 Å². The molecule has 3 rings (SSSR count). The van der Waals surface area contributed by atoms with E-state index >= 15 is 0 Å². The molecule has 1 aliphatic rings. The van der Waals surface area contributed by atoms with Crippen molar-refractivity contribution in [2.24, 2.45) is 5.92 Å². The van der Waals surface area contributed by atoms with Crippen LogP contribution in [0.2, 0.25) is 10.0 Å². The lowest BCUT2D eigenvalue weighted by Crippen LogP contribution is -2.44. The van der Waals surface area contributed by atoms with E-state index in [1.165, 1.54) is 37.8 Å². The highest BCUT2D eigenvalue weighted by atomic mass is 35.5. The van der Waals surface area contributed by atoms with E-state index in [9.17, 15) is 18.0 Å². The Morgan fingerprint density at radius 2 is 1.71 bits per heavy atom. The van der Waals surface area contributed by atoms with Crippen molar-refractivity contribution < 1.29 is 32.2 Å². The summed E-state index contributed by atoms with van der Waals surface area (Å²) < 4.78 is 42.8. The first-order chi connectivity index (χ1) is 16.6. The number of ether oxygens (including phenoxy) is 3. The van der Waals surface area contributed by atoms with E-state index in [1.807, 2.05) is 0 Å². The summed E-state index contributed by atoms with van der Waals surface area (Å²) in [5, 5.41) is 3.24. The van der Waals surface area contributed by atoms with Crippen LogP contribution in [0.15, 0.2) is 30.3 Å². The first-order valence-electron chi connectivity index (χ1n) is 10.7. The standard InChI is InChI=1S/C23H26Cl2N2O7S/c1-32-20-10-15(23(29)34-3)19(11-21(20)33-2)26-22(28)14-6-5-9-27(12-14)35(30,31)13-16-17(24)7-4-8-18(16)25/h4,7-8,10-11,14H,5-6,9,12-13H2,1-3H3,(H,26,28). The number of esters is 1. The fourth-order valence-corrected chi connectivity index (χ4v) is 6.21. The van der Waals surface area contributed by atoms with Crippen LogP contribution in [0.1, 0.15) is 28.8 Å². The molecule has 0 saturated carbocycles. The van der Waals surface area contributed by atoms with Crippen LogP contribution < -0.4 is 14.8 Å². The number of nitrogens with zero attached hydrogens (tertiary/aromatic N) is 1. The van der Waals surface area contributed by atoms with E-state index in [0.29, 0.717) is 29.9 Å². The molecule has 0 bridgehead atoms. The Balaban J connectivity index is 1.80. The molecule has 9 nitrogen and oxygen atoms in total. The Morgan fingerprint density at radius 3 is 2.31 bits per heavy atom. The van der Waals surface area contributed by atoms with Crippen molar-refractivity contribution in [2.45, 2.75) is 18.6 Å². The maximum absolute atomic E-state index is 13.1. The van der Waals surface area contributed by atoms with Crippen molar-refractivity contribution in [1.82, 2.24) is 4.31 Å². The average molecular weight is 545 g/mol. The molecule has 1 N–H and O–H groups in total. The Labute approximate surface area is 214 Å². The number of carbonyl (C=O) groups excluding carboxylic acids is 2. The highest BCUT2D eigenvalue weighted by Gasteiger charge is 2.34. The molecule has 1 saturated heterocycles. The van der Waals surface area contributed by atoms with Gasteiger partial charge >= 0.3 is 5.97 Å². The number of piperidine rings is 1. The maximum atomic E-state index is 13.1. The number of anilines is 1. The Bertz CT molecular complexity index is 1200. The summed E-state index contributed by atoms with van der Waals surface area (Å²) >= 11 is 12.3. The van der Waals surface area contributed by atoms with Gasteiger partial charge in [-0.3, -0.25) is 4.79 Å². The van der Waals surface area contributed by atoms with Crippen molar-refractivity contribution in [3.8, 4) is 11.5 Å². The topological polar surface area (TPSA) is 111 Å². The van der Waals surface area contributed by atoms with Gasteiger partial charge in [-0.1, -0.05) is 29.3 Å². The van der Waals surface area contributed by atoms with Gasteiger partial charge in [0, 0.05) is 40.8 Å². The SMILES string of the molecule is COC(=O)c1cc(OC)c(OC)cc1NC(=O)C1CCCN(S(=O)(=O)Cc2c(Cl)cccc2Cl)C1. The molecule has 35 heavy (non-hydrogen) atoms. The summed E-state index contributed by atoms with van der Waals surface area (Å²) in [4.78, 5) is 25.4. The molecule has 12 heteroatoms. The first kappa shape index (κ1) is 27.1. The Hall–Kier alpha value is -2.53. The number of benzene rings is 2. The molecular formula is C23H26Cl2N2O7S. The molecule has 1 amide bonds. The molecular weight excluding hydrogens is 519 g/mol. The minimum atomic E-state index is -3.79. The van der Waals surface area contributed by atoms with Crippen LogP contribution in [-0.2, 0) is 25.3 Å². The summed E-state index contributed by atoms with van der Waals surface area (Å²) in [5.74, 6) is -1.52. The van der Waals surface area contributed by atoms with Gasteiger partial charge in [0.1, 0.15) is 0 Å². The van der Waals surface area contributed by atoms with Gasteiger partial charge in [0.15, 0.2) is 11.5 Å². The van der Waals surface area contributed by atoms with E-state index < -0.39 is 27.8 Å². The van der Waals surface area contributed by atoms with E-state index in [0.717, 1.165) is 0 Å². The number of carbonyl (C=O) groups is 2. The fraction of sp³-hybridized carbons (Fsp3) is 0.391. The molecule has 2 aromatic carbocycles. The third-order valence-electron chi connectivity index (χ3n) is 5.72. The van der Waals surface area contributed by atoms with Crippen LogP contribution >= 0.6 is 23.2 Å². The smallest absolute Gasteiger partial charge is 0.340 e. The molecule has 2 aromatic rings. The monoisotopic (exact) mass is 544 g/mol. The number of hydrogen-bond donors (Lipinski definition) is 1. The maximum Gasteiger partial charge on any atom is 0.340 e. The molecule has 1 heterocycles. The van der Waals surface area contributed by atoms with Gasteiger partial charge in [-0.15, -0.1) is 0 Å². The Kier molecular flexibility index (Phi) is 8.87. The summed E-state index contributed by atoms with van der Waals surface area (Å²) in [5.41, 5.74) is 0.560. The largest absolute Gasteiger partial charge is 0.493 e. The minimum absolute atomic E-state index is 0.0168.